The van der Waals surface area contributed by atoms with E-state index in [0.29, 0.717) is 50.9 Å². The fraction of sp³-hybridized carbons (Fsp3) is 0.562. The van der Waals surface area contributed by atoms with E-state index in [-0.39, 0.29) is 23.7 Å². The Kier molecular flexibility index (Phi) is 6.58. The molecule has 23 heavy (non-hydrogen) atoms. The van der Waals surface area contributed by atoms with Crippen LogP contribution in [0.3, 0.4) is 0 Å². The van der Waals surface area contributed by atoms with Crippen LogP contribution in [-0.4, -0.2) is 49.4 Å². The molecule has 0 spiro atoms. The molecule has 0 aromatic carbocycles. The average molecular weight is 338 g/mol. The topological polar surface area (TPSA) is 75.7 Å². The molecule has 0 atom stereocenters. The lowest BCUT2D eigenvalue weighted by molar-refractivity contribution is -0.148. The first-order valence-corrected chi connectivity index (χ1v) is 8.72. The van der Waals surface area contributed by atoms with Gasteiger partial charge in [0, 0.05) is 37.0 Å². The standard InChI is InChI=1S/C16H22N2O4S/c1-22-16(21)12-4-8-18(9-5-12)14(19)3-2-7-17-15(20)13-6-10-23-11-13/h6,10-12H,2-5,7-9H2,1H3,(H,17,20). The minimum Gasteiger partial charge on any atom is -0.469 e. The van der Waals surface area contributed by atoms with Crippen LogP contribution < -0.4 is 5.32 Å². The third kappa shape index (κ3) is 5.06. The fourth-order valence-electron chi connectivity index (χ4n) is 2.63. The summed E-state index contributed by atoms with van der Waals surface area (Å²) in [4.78, 5) is 37.1. The molecule has 2 rings (SSSR count). The maximum atomic E-state index is 12.1. The van der Waals surface area contributed by atoms with E-state index in [1.165, 1.54) is 18.4 Å². The van der Waals surface area contributed by atoms with Crippen LogP contribution in [0.4, 0.5) is 0 Å². The summed E-state index contributed by atoms with van der Waals surface area (Å²) in [6.07, 6.45) is 2.35. The van der Waals surface area contributed by atoms with Gasteiger partial charge in [-0.25, -0.2) is 0 Å². The van der Waals surface area contributed by atoms with Crippen LogP contribution in [0.2, 0.25) is 0 Å². The van der Waals surface area contributed by atoms with Crippen molar-refractivity contribution in [3.05, 3.63) is 22.4 Å². The minimum atomic E-state index is -0.187. The molecule has 2 heterocycles. The lowest BCUT2D eigenvalue weighted by Crippen LogP contribution is -2.40. The third-order valence-corrected chi connectivity index (χ3v) is 4.70. The number of hydrogen-bond donors (Lipinski definition) is 1. The highest BCUT2D eigenvalue weighted by Gasteiger charge is 2.27. The summed E-state index contributed by atoms with van der Waals surface area (Å²) in [7, 11) is 1.39. The second kappa shape index (κ2) is 8.67. The summed E-state index contributed by atoms with van der Waals surface area (Å²) in [5.74, 6) is -0.294. The normalized spacial score (nSPS) is 15.3. The van der Waals surface area contributed by atoms with Gasteiger partial charge in [-0.1, -0.05) is 0 Å². The van der Waals surface area contributed by atoms with Gasteiger partial charge in [-0.3, -0.25) is 14.4 Å². The zero-order chi connectivity index (χ0) is 16.7. The zero-order valence-corrected chi connectivity index (χ0v) is 14.1. The zero-order valence-electron chi connectivity index (χ0n) is 13.2. The number of esters is 1. The van der Waals surface area contributed by atoms with Crippen molar-refractivity contribution in [2.45, 2.75) is 25.7 Å². The number of likely N-dealkylation sites (tertiary alicyclic amines) is 1. The number of ether oxygens (including phenoxy) is 1. The number of carbonyl (C=O) groups is 3. The lowest BCUT2D eigenvalue weighted by Gasteiger charge is -2.30. The highest BCUT2D eigenvalue weighted by atomic mass is 32.1. The summed E-state index contributed by atoms with van der Waals surface area (Å²) in [5.41, 5.74) is 0.659. The van der Waals surface area contributed by atoms with E-state index in [1.807, 2.05) is 5.38 Å². The average Bonchev–Trinajstić information content (AvgIpc) is 3.12. The fourth-order valence-corrected chi connectivity index (χ4v) is 3.26. The molecule has 1 aliphatic heterocycles. The number of methoxy groups -OCH3 is 1. The van der Waals surface area contributed by atoms with Gasteiger partial charge < -0.3 is 15.0 Å². The van der Waals surface area contributed by atoms with E-state index >= 15 is 0 Å². The minimum absolute atomic E-state index is 0.0816. The van der Waals surface area contributed by atoms with Gasteiger partial charge in [0.1, 0.15) is 0 Å². The number of carbonyl (C=O) groups excluding carboxylic acids is 3. The number of thiophene rings is 1. The van der Waals surface area contributed by atoms with Crippen LogP contribution in [-0.2, 0) is 14.3 Å². The van der Waals surface area contributed by atoms with Crippen LogP contribution in [0.1, 0.15) is 36.0 Å². The first-order valence-electron chi connectivity index (χ1n) is 7.78. The SMILES string of the molecule is COC(=O)C1CCN(C(=O)CCCNC(=O)c2ccsc2)CC1. The van der Waals surface area contributed by atoms with Crippen molar-refractivity contribution in [3.8, 4) is 0 Å². The van der Waals surface area contributed by atoms with E-state index in [0.717, 1.165) is 0 Å². The molecule has 1 aromatic rings. The quantitative estimate of drug-likeness (QED) is 0.632. The van der Waals surface area contributed by atoms with Crippen molar-refractivity contribution >= 4 is 29.1 Å². The number of nitrogens with one attached hydrogen (secondary N) is 1. The first-order chi connectivity index (χ1) is 11.1. The molecule has 126 valence electrons. The molecule has 7 heteroatoms. The van der Waals surface area contributed by atoms with Crippen molar-refractivity contribution in [1.29, 1.82) is 0 Å². The first kappa shape index (κ1) is 17.5. The summed E-state index contributed by atoms with van der Waals surface area (Å²) in [6, 6.07) is 1.77. The van der Waals surface area contributed by atoms with Crippen molar-refractivity contribution in [2.75, 3.05) is 26.7 Å². The van der Waals surface area contributed by atoms with Gasteiger partial charge in [-0.2, -0.15) is 11.3 Å². The van der Waals surface area contributed by atoms with Crippen LogP contribution in [0.5, 0.6) is 0 Å². The smallest absolute Gasteiger partial charge is 0.308 e. The van der Waals surface area contributed by atoms with E-state index in [4.69, 9.17) is 4.74 Å². The largest absolute Gasteiger partial charge is 0.469 e. The molecule has 1 aromatic heterocycles. The third-order valence-electron chi connectivity index (χ3n) is 4.02. The van der Waals surface area contributed by atoms with E-state index in [9.17, 15) is 14.4 Å². The molecule has 2 amide bonds. The Morgan fingerprint density at radius 3 is 2.70 bits per heavy atom. The van der Waals surface area contributed by atoms with Crippen molar-refractivity contribution in [3.63, 3.8) is 0 Å². The second-order valence-corrected chi connectivity index (χ2v) is 6.33. The van der Waals surface area contributed by atoms with E-state index in [1.54, 1.807) is 16.3 Å². The highest BCUT2D eigenvalue weighted by Crippen LogP contribution is 2.19. The summed E-state index contributed by atoms with van der Waals surface area (Å²) < 4.78 is 4.74. The molecule has 0 bridgehead atoms. The molecule has 0 aliphatic carbocycles. The highest BCUT2D eigenvalue weighted by molar-refractivity contribution is 7.08. The molecule has 0 saturated carbocycles. The molecule has 6 nitrogen and oxygen atoms in total. The monoisotopic (exact) mass is 338 g/mol. The number of piperidine rings is 1. The van der Waals surface area contributed by atoms with Crippen molar-refractivity contribution < 1.29 is 19.1 Å². The molecular weight excluding hydrogens is 316 g/mol. The van der Waals surface area contributed by atoms with Crippen LogP contribution >= 0.6 is 11.3 Å². The lowest BCUT2D eigenvalue weighted by atomic mass is 9.97. The molecule has 0 unspecified atom stereocenters. The Hall–Kier alpha value is -1.89. The molecule has 0 radical (unpaired) electrons. The van der Waals surface area contributed by atoms with Gasteiger partial charge in [-0.05, 0) is 30.7 Å². The number of hydrogen-bond acceptors (Lipinski definition) is 5. The molecular formula is C16H22N2O4S. The van der Waals surface area contributed by atoms with Gasteiger partial charge in [-0.15, -0.1) is 0 Å². The predicted molar refractivity (Wildman–Crippen MR) is 87.2 cm³/mol. The van der Waals surface area contributed by atoms with Crippen LogP contribution in [0.15, 0.2) is 16.8 Å². The Morgan fingerprint density at radius 1 is 1.35 bits per heavy atom. The van der Waals surface area contributed by atoms with Crippen LogP contribution in [0, 0.1) is 5.92 Å². The van der Waals surface area contributed by atoms with Gasteiger partial charge in [0.15, 0.2) is 0 Å². The second-order valence-electron chi connectivity index (χ2n) is 5.55. The Morgan fingerprint density at radius 2 is 2.09 bits per heavy atom. The maximum absolute atomic E-state index is 12.1. The Balaban J connectivity index is 1.62. The van der Waals surface area contributed by atoms with Crippen molar-refractivity contribution in [2.24, 2.45) is 5.92 Å². The molecule has 1 aliphatic rings. The predicted octanol–water partition coefficient (Wildman–Crippen LogP) is 1.67. The van der Waals surface area contributed by atoms with Gasteiger partial charge in [0.2, 0.25) is 5.91 Å². The van der Waals surface area contributed by atoms with Gasteiger partial charge in [0.25, 0.3) is 5.91 Å². The number of rotatable bonds is 6. The summed E-state index contributed by atoms with van der Waals surface area (Å²) in [5, 5.41) is 6.46. The molecule has 1 fully saturated rings. The van der Waals surface area contributed by atoms with E-state index in [2.05, 4.69) is 5.32 Å². The molecule has 1 N–H and O–H groups in total. The Labute approximate surface area is 139 Å². The Bertz CT molecular complexity index is 536. The maximum Gasteiger partial charge on any atom is 0.308 e. The molecule has 1 saturated heterocycles. The van der Waals surface area contributed by atoms with Crippen molar-refractivity contribution in [1.82, 2.24) is 10.2 Å². The van der Waals surface area contributed by atoms with Gasteiger partial charge >= 0.3 is 5.97 Å². The van der Waals surface area contributed by atoms with E-state index < -0.39 is 0 Å². The van der Waals surface area contributed by atoms with Gasteiger partial charge in [0.05, 0.1) is 13.0 Å². The summed E-state index contributed by atoms with van der Waals surface area (Å²) in [6.45, 7) is 1.68. The number of amides is 2. The number of nitrogens with zero attached hydrogens (tertiary/aromatic N) is 1. The summed E-state index contributed by atoms with van der Waals surface area (Å²) >= 11 is 1.48. The van der Waals surface area contributed by atoms with Crippen LogP contribution in [0.25, 0.3) is 0 Å².